The number of nitrogens with zero attached hydrogens (tertiary/aromatic N) is 1. The zero-order valence-electron chi connectivity index (χ0n) is 12.7. The van der Waals surface area contributed by atoms with E-state index >= 15 is 0 Å². The van der Waals surface area contributed by atoms with E-state index in [9.17, 15) is 13.2 Å². The van der Waals surface area contributed by atoms with Crippen LogP contribution in [0.5, 0.6) is 0 Å². The van der Waals surface area contributed by atoms with Crippen molar-refractivity contribution in [2.45, 2.75) is 50.8 Å². The number of rotatable bonds is 4. The summed E-state index contributed by atoms with van der Waals surface area (Å²) in [4.78, 5) is 13.9. The minimum atomic E-state index is -3.18. The number of piperidine rings is 1. The lowest BCUT2D eigenvalue weighted by Gasteiger charge is -2.33. The average Bonchev–Trinajstić information content (AvgIpc) is 2.91. The number of hydrogen-bond acceptors (Lipinski definition) is 4. The molecule has 7 nitrogen and oxygen atoms in total. The van der Waals surface area contributed by atoms with Crippen LogP contribution >= 0.6 is 0 Å². The third kappa shape index (κ3) is 5.12. The Balaban J connectivity index is 1.75. The lowest BCUT2D eigenvalue weighted by molar-refractivity contribution is 0.0824. The van der Waals surface area contributed by atoms with E-state index in [0.29, 0.717) is 25.9 Å². The van der Waals surface area contributed by atoms with E-state index in [1.807, 2.05) is 6.92 Å². The van der Waals surface area contributed by atoms with Gasteiger partial charge < -0.3 is 15.0 Å². The summed E-state index contributed by atoms with van der Waals surface area (Å²) in [5.41, 5.74) is 0. The maximum absolute atomic E-state index is 12.2. The Morgan fingerprint density at radius 2 is 1.95 bits per heavy atom. The van der Waals surface area contributed by atoms with Crippen molar-refractivity contribution >= 4 is 16.1 Å². The van der Waals surface area contributed by atoms with Crippen molar-refractivity contribution in [2.24, 2.45) is 0 Å². The molecule has 0 aromatic carbocycles. The van der Waals surface area contributed by atoms with Crippen molar-refractivity contribution in [1.82, 2.24) is 14.9 Å². The number of likely N-dealkylation sites (tertiary alicyclic amines) is 1. The SMILES string of the molecule is C[C@H](NC(=O)N1CCC(NS(C)(=O)=O)CC1)[C@@H]1CCCO1. The van der Waals surface area contributed by atoms with Crippen molar-refractivity contribution in [3.05, 3.63) is 0 Å². The number of carbonyl (C=O) groups is 1. The molecule has 0 saturated carbocycles. The Hall–Kier alpha value is -0.860. The second-order valence-electron chi connectivity index (χ2n) is 5.94. The van der Waals surface area contributed by atoms with E-state index < -0.39 is 10.0 Å². The number of ether oxygens (including phenoxy) is 1. The molecule has 0 bridgehead atoms. The Labute approximate surface area is 126 Å². The molecule has 2 saturated heterocycles. The lowest BCUT2D eigenvalue weighted by Crippen LogP contribution is -2.52. The monoisotopic (exact) mass is 319 g/mol. The fourth-order valence-corrected chi connectivity index (χ4v) is 3.72. The van der Waals surface area contributed by atoms with Crippen LogP contribution in [0.3, 0.4) is 0 Å². The number of urea groups is 1. The molecular formula is C13H25N3O4S. The Morgan fingerprint density at radius 3 is 2.48 bits per heavy atom. The summed E-state index contributed by atoms with van der Waals surface area (Å²) in [7, 11) is -3.18. The van der Waals surface area contributed by atoms with Crippen LogP contribution in [0.25, 0.3) is 0 Å². The zero-order valence-corrected chi connectivity index (χ0v) is 13.5. The Kier molecular flexibility index (Phi) is 5.45. The number of hydrogen-bond donors (Lipinski definition) is 2. The number of carbonyl (C=O) groups excluding carboxylic acids is 1. The molecule has 0 spiro atoms. The standard InChI is InChI=1S/C13H25N3O4S/c1-10(12-4-3-9-20-12)14-13(17)16-7-5-11(6-8-16)15-21(2,18)19/h10-12,15H,3-9H2,1-2H3,(H,14,17)/t10-,12-/m0/s1. The van der Waals surface area contributed by atoms with Crippen LogP contribution in [0.2, 0.25) is 0 Å². The van der Waals surface area contributed by atoms with Crippen LogP contribution in [-0.2, 0) is 14.8 Å². The molecule has 2 atom stereocenters. The molecule has 0 unspecified atom stereocenters. The molecule has 2 N–H and O–H groups in total. The predicted molar refractivity (Wildman–Crippen MR) is 79.5 cm³/mol. The lowest BCUT2D eigenvalue weighted by atomic mass is 10.1. The highest BCUT2D eigenvalue weighted by atomic mass is 32.2. The highest BCUT2D eigenvalue weighted by Crippen LogP contribution is 2.16. The molecule has 0 aromatic rings. The van der Waals surface area contributed by atoms with Crippen LogP contribution in [0, 0.1) is 0 Å². The number of nitrogens with one attached hydrogen (secondary N) is 2. The first kappa shape index (κ1) is 16.5. The second-order valence-corrected chi connectivity index (χ2v) is 7.72. The molecule has 122 valence electrons. The fraction of sp³-hybridized carbons (Fsp3) is 0.923. The quantitative estimate of drug-likeness (QED) is 0.779. The van der Waals surface area contributed by atoms with Crippen molar-refractivity contribution in [3.63, 3.8) is 0 Å². The van der Waals surface area contributed by atoms with E-state index in [1.54, 1.807) is 4.90 Å². The summed E-state index contributed by atoms with van der Waals surface area (Å²) < 4.78 is 30.5. The van der Waals surface area contributed by atoms with Gasteiger partial charge in [-0.3, -0.25) is 0 Å². The van der Waals surface area contributed by atoms with Gasteiger partial charge in [-0.1, -0.05) is 0 Å². The minimum absolute atomic E-state index is 0.00636. The van der Waals surface area contributed by atoms with Crippen molar-refractivity contribution < 1.29 is 17.9 Å². The van der Waals surface area contributed by atoms with Crippen molar-refractivity contribution in [2.75, 3.05) is 26.0 Å². The molecule has 2 rings (SSSR count). The normalized spacial score (nSPS) is 25.8. The summed E-state index contributed by atoms with van der Waals surface area (Å²) in [5, 5.41) is 2.98. The molecule has 0 aromatic heterocycles. The third-order valence-electron chi connectivity index (χ3n) is 4.04. The largest absolute Gasteiger partial charge is 0.376 e. The highest BCUT2D eigenvalue weighted by molar-refractivity contribution is 7.88. The molecule has 2 amide bonds. The Morgan fingerprint density at radius 1 is 1.29 bits per heavy atom. The second kappa shape index (κ2) is 6.93. The van der Waals surface area contributed by atoms with Gasteiger partial charge in [-0.05, 0) is 32.6 Å². The molecule has 0 aliphatic carbocycles. The topological polar surface area (TPSA) is 87.7 Å². The minimum Gasteiger partial charge on any atom is -0.376 e. The molecule has 8 heteroatoms. The van der Waals surface area contributed by atoms with Crippen LogP contribution in [0.15, 0.2) is 0 Å². The summed E-state index contributed by atoms with van der Waals surface area (Å²) in [6, 6.07) is -0.151. The first-order valence-electron chi connectivity index (χ1n) is 7.49. The van der Waals surface area contributed by atoms with Crippen molar-refractivity contribution in [1.29, 1.82) is 0 Å². The van der Waals surface area contributed by atoms with Gasteiger partial charge in [0.1, 0.15) is 0 Å². The van der Waals surface area contributed by atoms with Crippen LogP contribution in [-0.4, -0.2) is 63.5 Å². The van der Waals surface area contributed by atoms with E-state index in [4.69, 9.17) is 4.74 Å². The first-order chi connectivity index (χ1) is 9.85. The molecule has 2 aliphatic rings. The maximum Gasteiger partial charge on any atom is 0.317 e. The summed E-state index contributed by atoms with van der Waals surface area (Å²) in [5.74, 6) is 0. The van der Waals surface area contributed by atoms with Crippen LogP contribution < -0.4 is 10.0 Å². The van der Waals surface area contributed by atoms with Gasteiger partial charge in [0.05, 0.1) is 18.4 Å². The molecular weight excluding hydrogens is 294 g/mol. The summed E-state index contributed by atoms with van der Waals surface area (Å²) in [6.45, 7) is 3.87. The first-order valence-corrected chi connectivity index (χ1v) is 9.38. The van der Waals surface area contributed by atoms with Gasteiger partial charge in [-0.25, -0.2) is 17.9 Å². The number of amides is 2. The zero-order chi connectivity index (χ0) is 15.5. The average molecular weight is 319 g/mol. The van der Waals surface area contributed by atoms with Crippen molar-refractivity contribution in [3.8, 4) is 0 Å². The van der Waals surface area contributed by atoms with Gasteiger partial charge in [-0.15, -0.1) is 0 Å². The van der Waals surface area contributed by atoms with Gasteiger partial charge in [0, 0.05) is 25.7 Å². The van der Waals surface area contributed by atoms with Gasteiger partial charge in [-0.2, -0.15) is 0 Å². The van der Waals surface area contributed by atoms with Crippen LogP contribution in [0.1, 0.15) is 32.6 Å². The van der Waals surface area contributed by atoms with Gasteiger partial charge in [0.25, 0.3) is 0 Å². The smallest absolute Gasteiger partial charge is 0.317 e. The van der Waals surface area contributed by atoms with Crippen LogP contribution in [0.4, 0.5) is 4.79 Å². The van der Waals surface area contributed by atoms with Gasteiger partial charge in [0.2, 0.25) is 10.0 Å². The molecule has 2 aliphatic heterocycles. The van der Waals surface area contributed by atoms with E-state index in [0.717, 1.165) is 25.7 Å². The van der Waals surface area contributed by atoms with Gasteiger partial charge in [0.15, 0.2) is 0 Å². The van der Waals surface area contributed by atoms with E-state index in [1.165, 1.54) is 0 Å². The summed E-state index contributed by atoms with van der Waals surface area (Å²) >= 11 is 0. The van der Waals surface area contributed by atoms with Gasteiger partial charge >= 0.3 is 6.03 Å². The third-order valence-corrected chi connectivity index (χ3v) is 4.80. The van der Waals surface area contributed by atoms with E-state index in [-0.39, 0.29) is 24.2 Å². The number of sulfonamides is 1. The Bertz CT molecular complexity index is 454. The fourth-order valence-electron chi connectivity index (χ4n) is 2.88. The molecule has 21 heavy (non-hydrogen) atoms. The molecule has 0 radical (unpaired) electrons. The predicted octanol–water partition coefficient (Wildman–Crippen LogP) is 0.277. The molecule has 2 heterocycles. The summed E-state index contributed by atoms with van der Waals surface area (Å²) in [6.07, 6.45) is 4.60. The maximum atomic E-state index is 12.2. The molecule has 2 fully saturated rings. The highest BCUT2D eigenvalue weighted by Gasteiger charge is 2.28. The van der Waals surface area contributed by atoms with E-state index in [2.05, 4.69) is 10.0 Å².